The second kappa shape index (κ2) is 6.71. The fourth-order valence-corrected chi connectivity index (χ4v) is 2.78. The van der Waals surface area contributed by atoms with Gasteiger partial charge in [0.25, 0.3) is 0 Å². The van der Waals surface area contributed by atoms with Gasteiger partial charge in [0.1, 0.15) is 5.75 Å². The molecular formula is C12H20N2O2S. The Hall–Kier alpha value is -0.940. The van der Waals surface area contributed by atoms with Gasteiger partial charge in [0.2, 0.25) is 0 Å². The number of methoxy groups -OCH3 is 1. The van der Waals surface area contributed by atoms with E-state index in [9.17, 15) is 4.21 Å². The minimum atomic E-state index is -0.963. The molecule has 0 saturated heterocycles. The number of aromatic nitrogens is 1. The Balaban J connectivity index is 2.67. The smallest absolute Gasteiger partial charge is 0.122 e. The van der Waals surface area contributed by atoms with Crippen LogP contribution in [-0.4, -0.2) is 28.1 Å². The monoisotopic (exact) mass is 256 g/mol. The van der Waals surface area contributed by atoms with Crippen LogP contribution in [-0.2, 0) is 16.6 Å². The molecule has 2 unspecified atom stereocenters. The van der Waals surface area contributed by atoms with Gasteiger partial charge in [0.05, 0.1) is 18.6 Å². The molecule has 0 saturated carbocycles. The van der Waals surface area contributed by atoms with Crippen molar-refractivity contribution in [1.29, 1.82) is 0 Å². The standard InChI is InChI=1S/C12H20N2O2S/c1-4-10(13)7-17(15)8-11-6-12(16-3)5-9(2)14-11/h5-6,10H,4,7-8,13H2,1-3H3. The van der Waals surface area contributed by atoms with E-state index in [0.29, 0.717) is 11.5 Å². The summed E-state index contributed by atoms with van der Waals surface area (Å²) in [4.78, 5) is 4.34. The van der Waals surface area contributed by atoms with Crippen LogP contribution in [0.4, 0.5) is 0 Å². The van der Waals surface area contributed by atoms with Crippen LogP contribution in [0.5, 0.6) is 5.75 Å². The third kappa shape index (κ3) is 4.83. The van der Waals surface area contributed by atoms with E-state index in [4.69, 9.17) is 10.5 Å². The summed E-state index contributed by atoms with van der Waals surface area (Å²) >= 11 is 0. The number of nitrogens with two attached hydrogens (primary N) is 1. The molecule has 17 heavy (non-hydrogen) atoms. The largest absolute Gasteiger partial charge is 0.497 e. The predicted octanol–water partition coefficient (Wildman–Crippen LogP) is 1.38. The first kappa shape index (κ1) is 14.1. The minimum absolute atomic E-state index is 0.00235. The van der Waals surface area contributed by atoms with E-state index < -0.39 is 10.8 Å². The first-order valence-corrected chi connectivity index (χ1v) is 7.16. The van der Waals surface area contributed by atoms with Crippen molar-refractivity contribution in [3.63, 3.8) is 0 Å². The van der Waals surface area contributed by atoms with Crippen LogP contribution in [0.15, 0.2) is 12.1 Å². The van der Waals surface area contributed by atoms with Gasteiger partial charge in [-0.15, -0.1) is 0 Å². The molecule has 5 heteroatoms. The van der Waals surface area contributed by atoms with Crippen molar-refractivity contribution in [2.75, 3.05) is 12.9 Å². The van der Waals surface area contributed by atoms with E-state index in [2.05, 4.69) is 4.98 Å². The zero-order chi connectivity index (χ0) is 12.8. The van der Waals surface area contributed by atoms with Crippen molar-refractivity contribution in [2.24, 2.45) is 5.73 Å². The number of nitrogens with zero attached hydrogens (tertiary/aromatic N) is 1. The Kier molecular flexibility index (Phi) is 5.58. The number of hydrogen-bond donors (Lipinski definition) is 1. The van der Waals surface area contributed by atoms with Crippen molar-refractivity contribution in [2.45, 2.75) is 32.1 Å². The summed E-state index contributed by atoms with van der Waals surface area (Å²) in [6.07, 6.45) is 0.844. The van der Waals surface area contributed by atoms with E-state index in [1.807, 2.05) is 26.0 Å². The molecule has 1 aromatic heterocycles. The Morgan fingerprint density at radius 3 is 2.82 bits per heavy atom. The summed E-state index contributed by atoms with van der Waals surface area (Å²) < 4.78 is 17.0. The number of hydrogen-bond acceptors (Lipinski definition) is 4. The van der Waals surface area contributed by atoms with E-state index >= 15 is 0 Å². The van der Waals surface area contributed by atoms with Crippen molar-refractivity contribution in [3.8, 4) is 5.75 Å². The van der Waals surface area contributed by atoms with Gasteiger partial charge in [0.15, 0.2) is 0 Å². The lowest BCUT2D eigenvalue weighted by molar-refractivity contribution is 0.413. The molecule has 96 valence electrons. The minimum Gasteiger partial charge on any atom is -0.497 e. The summed E-state index contributed by atoms with van der Waals surface area (Å²) in [5.74, 6) is 1.71. The maximum atomic E-state index is 11.8. The number of rotatable bonds is 6. The van der Waals surface area contributed by atoms with E-state index in [-0.39, 0.29) is 6.04 Å². The van der Waals surface area contributed by atoms with Gasteiger partial charge >= 0.3 is 0 Å². The second-order valence-corrected chi connectivity index (χ2v) is 5.56. The maximum absolute atomic E-state index is 11.8. The molecule has 0 bridgehead atoms. The summed E-state index contributed by atoms with van der Waals surface area (Å²) in [5.41, 5.74) is 7.44. The third-order valence-electron chi connectivity index (χ3n) is 2.45. The SMILES string of the molecule is CCC(N)CS(=O)Cc1cc(OC)cc(C)n1. The Bertz CT molecular complexity index is 396. The quantitative estimate of drug-likeness (QED) is 0.835. The van der Waals surface area contributed by atoms with Crippen molar-refractivity contribution >= 4 is 10.8 Å². The molecule has 0 aliphatic heterocycles. The molecule has 0 aromatic carbocycles. The molecule has 0 aliphatic rings. The summed E-state index contributed by atoms with van der Waals surface area (Å²) in [6.45, 7) is 3.89. The maximum Gasteiger partial charge on any atom is 0.122 e. The Morgan fingerprint density at radius 2 is 2.24 bits per heavy atom. The third-order valence-corrected chi connectivity index (χ3v) is 3.87. The van der Waals surface area contributed by atoms with Gasteiger partial charge in [-0.3, -0.25) is 9.19 Å². The number of aryl methyl sites for hydroxylation is 1. The van der Waals surface area contributed by atoms with Gasteiger partial charge in [-0.2, -0.15) is 0 Å². The van der Waals surface area contributed by atoms with Crippen LogP contribution >= 0.6 is 0 Å². The zero-order valence-electron chi connectivity index (χ0n) is 10.6. The van der Waals surface area contributed by atoms with Crippen molar-refractivity contribution in [1.82, 2.24) is 4.98 Å². The first-order valence-electron chi connectivity index (χ1n) is 5.67. The van der Waals surface area contributed by atoms with Gasteiger partial charge in [-0.05, 0) is 13.3 Å². The lowest BCUT2D eigenvalue weighted by Crippen LogP contribution is -2.26. The molecule has 2 N–H and O–H groups in total. The highest BCUT2D eigenvalue weighted by molar-refractivity contribution is 7.84. The fraction of sp³-hybridized carbons (Fsp3) is 0.583. The molecule has 2 atom stereocenters. The van der Waals surface area contributed by atoms with Gasteiger partial charge < -0.3 is 10.5 Å². The van der Waals surface area contributed by atoms with E-state index in [1.165, 1.54) is 0 Å². The molecule has 4 nitrogen and oxygen atoms in total. The van der Waals surface area contributed by atoms with Crippen LogP contribution in [0.1, 0.15) is 24.7 Å². The molecule has 0 spiro atoms. The van der Waals surface area contributed by atoms with E-state index in [0.717, 1.165) is 23.6 Å². The summed E-state index contributed by atoms with van der Waals surface area (Å²) in [7, 11) is 0.651. The highest BCUT2D eigenvalue weighted by Gasteiger charge is 2.09. The molecule has 1 rings (SSSR count). The summed E-state index contributed by atoms with van der Waals surface area (Å²) in [6, 6.07) is 3.68. The lowest BCUT2D eigenvalue weighted by atomic mass is 10.3. The first-order chi connectivity index (χ1) is 8.05. The zero-order valence-corrected chi connectivity index (χ0v) is 11.4. The highest BCUT2D eigenvalue weighted by atomic mass is 32.2. The lowest BCUT2D eigenvalue weighted by Gasteiger charge is -2.09. The second-order valence-electron chi connectivity index (χ2n) is 4.06. The Morgan fingerprint density at radius 1 is 1.53 bits per heavy atom. The van der Waals surface area contributed by atoms with E-state index in [1.54, 1.807) is 7.11 Å². The molecular weight excluding hydrogens is 236 g/mol. The highest BCUT2D eigenvalue weighted by Crippen LogP contribution is 2.14. The topological polar surface area (TPSA) is 65.2 Å². The van der Waals surface area contributed by atoms with Crippen molar-refractivity contribution in [3.05, 3.63) is 23.5 Å². The molecule has 0 aliphatic carbocycles. The van der Waals surface area contributed by atoms with Gasteiger partial charge in [0, 0.05) is 40.4 Å². The van der Waals surface area contributed by atoms with Gasteiger partial charge in [-0.1, -0.05) is 6.92 Å². The van der Waals surface area contributed by atoms with Crippen LogP contribution < -0.4 is 10.5 Å². The molecule has 0 amide bonds. The van der Waals surface area contributed by atoms with Crippen molar-refractivity contribution < 1.29 is 8.95 Å². The van der Waals surface area contributed by atoms with Crippen LogP contribution in [0.2, 0.25) is 0 Å². The van der Waals surface area contributed by atoms with Crippen LogP contribution in [0.3, 0.4) is 0 Å². The number of pyridine rings is 1. The average Bonchev–Trinajstić information content (AvgIpc) is 2.27. The summed E-state index contributed by atoms with van der Waals surface area (Å²) in [5, 5.41) is 0. The normalized spacial score (nSPS) is 14.4. The van der Waals surface area contributed by atoms with Crippen LogP contribution in [0, 0.1) is 6.92 Å². The van der Waals surface area contributed by atoms with Gasteiger partial charge in [-0.25, -0.2) is 0 Å². The Labute approximate surface area is 105 Å². The molecule has 1 heterocycles. The molecule has 0 radical (unpaired) electrons. The molecule has 1 aromatic rings. The fourth-order valence-electron chi connectivity index (χ4n) is 1.48. The number of ether oxygens (including phenoxy) is 1. The molecule has 0 fully saturated rings. The average molecular weight is 256 g/mol. The predicted molar refractivity (Wildman–Crippen MR) is 70.5 cm³/mol. The van der Waals surface area contributed by atoms with Crippen LogP contribution in [0.25, 0.3) is 0 Å².